The van der Waals surface area contributed by atoms with E-state index in [0.29, 0.717) is 26.7 Å². The number of carbonyl (C=O) groups excluding carboxylic acids is 2. The van der Waals surface area contributed by atoms with E-state index < -0.39 is 0 Å². The minimum Gasteiger partial charge on any atom is -0.349 e. The van der Waals surface area contributed by atoms with Crippen LogP contribution in [0.25, 0.3) is 10.9 Å². The number of H-pyrrole nitrogens is 1. The Morgan fingerprint density at radius 2 is 1.87 bits per heavy atom. The molecule has 1 aromatic heterocycles. The normalized spacial score (nSPS) is 10.7. The lowest BCUT2D eigenvalue weighted by Gasteiger charge is -2.05. The fraction of sp³-hybridized carbons (Fsp3) is 0.0588. The summed E-state index contributed by atoms with van der Waals surface area (Å²) in [7, 11) is 0. The van der Waals surface area contributed by atoms with Gasteiger partial charge in [0.05, 0.1) is 5.02 Å². The van der Waals surface area contributed by atoms with Crippen LogP contribution in [0.4, 0.5) is 5.69 Å². The topological polar surface area (TPSA) is 62.0 Å². The van der Waals surface area contributed by atoms with E-state index in [-0.39, 0.29) is 17.4 Å². The van der Waals surface area contributed by atoms with Gasteiger partial charge in [0.2, 0.25) is 0 Å². The number of carbonyl (C=O) groups is 2. The monoisotopic (exact) mass is 346 g/mol. The standard InChI is InChI=1S/C17H12Cl2N2O2/c1-9(22)10-3-2-4-12(7-10)20-17(23)16-15(19)13-8-11(18)5-6-14(13)21-16/h2-8,21H,1H3,(H,20,23). The quantitative estimate of drug-likeness (QED) is 0.660. The van der Waals surface area contributed by atoms with Gasteiger partial charge in [-0.05, 0) is 37.3 Å². The molecule has 3 rings (SSSR count). The molecule has 0 saturated carbocycles. The first-order valence-electron chi connectivity index (χ1n) is 6.85. The van der Waals surface area contributed by atoms with Crippen LogP contribution in [0.1, 0.15) is 27.8 Å². The van der Waals surface area contributed by atoms with E-state index in [1.54, 1.807) is 42.5 Å². The summed E-state index contributed by atoms with van der Waals surface area (Å²) in [6, 6.07) is 11.9. The van der Waals surface area contributed by atoms with Gasteiger partial charge in [-0.2, -0.15) is 0 Å². The van der Waals surface area contributed by atoms with Crippen molar-refractivity contribution in [3.63, 3.8) is 0 Å². The molecule has 116 valence electrons. The number of fused-ring (bicyclic) bond motifs is 1. The van der Waals surface area contributed by atoms with Gasteiger partial charge in [0, 0.05) is 27.2 Å². The largest absolute Gasteiger partial charge is 0.349 e. The number of benzene rings is 2. The summed E-state index contributed by atoms with van der Waals surface area (Å²) in [4.78, 5) is 26.8. The zero-order valence-electron chi connectivity index (χ0n) is 12.1. The molecule has 0 radical (unpaired) electrons. The van der Waals surface area contributed by atoms with Gasteiger partial charge in [0.15, 0.2) is 5.78 Å². The second-order valence-electron chi connectivity index (χ2n) is 5.10. The Morgan fingerprint density at radius 1 is 1.09 bits per heavy atom. The number of nitrogens with one attached hydrogen (secondary N) is 2. The number of hydrogen-bond donors (Lipinski definition) is 2. The number of Topliss-reactive ketones (excluding diaryl/α,β-unsaturated/α-hetero) is 1. The van der Waals surface area contributed by atoms with Crippen LogP contribution in [-0.2, 0) is 0 Å². The van der Waals surface area contributed by atoms with Gasteiger partial charge in [0.25, 0.3) is 5.91 Å². The predicted molar refractivity (Wildman–Crippen MR) is 92.7 cm³/mol. The number of halogens is 2. The summed E-state index contributed by atoms with van der Waals surface area (Å²) in [6.45, 7) is 1.47. The summed E-state index contributed by atoms with van der Waals surface area (Å²) in [5, 5.41) is 4.26. The van der Waals surface area contributed by atoms with Crippen molar-refractivity contribution in [1.29, 1.82) is 0 Å². The van der Waals surface area contributed by atoms with Gasteiger partial charge < -0.3 is 10.3 Å². The number of ketones is 1. The van der Waals surface area contributed by atoms with Crippen molar-refractivity contribution < 1.29 is 9.59 Å². The number of aromatic nitrogens is 1. The Balaban J connectivity index is 1.93. The smallest absolute Gasteiger partial charge is 0.273 e. The van der Waals surface area contributed by atoms with Crippen molar-refractivity contribution in [2.45, 2.75) is 6.92 Å². The maximum absolute atomic E-state index is 12.4. The molecule has 0 aliphatic rings. The van der Waals surface area contributed by atoms with Crippen molar-refractivity contribution in [3.8, 4) is 0 Å². The minimum absolute atomic E-state index is 0.0700. The SMILES string of the molecule is CC(=O)c1cccc(NC(=O)c2[nH]c3ccc(Cl)cc3c2Cl)c1. The maximum atomic E-state index is 12.4. The number of hydrogen-bond acceptors (Lipinski definition) is 2. The van der Waals surface area contributed by atoms with Crippen LogP contribution in [0.2, 0.25) is 10.0 Å². The van der Waals surface area contributed by atoms with E-state index in [9.17, 15) is 9.59 Å². The number of anilines is 1. The molecule has 0 aliphatic heterocycles. The molecule has 3 aromatic rings. The van der Waals surface area contributed by atoms with Crippen LogP contribution < -0.4 is 5.32 Å². The Hall–Kier alpha value is -2.30. The third-order valence-electron chi connectivity index (χ3n) is 3.45. The highest BCUT2D eigenvalue weighted by Crippen LogP contribution is 2.30. The minimum atomic E-state index is -0.386. The van der Waals surface area contributed by atoms with E-state index in [0.717, 1.165) is 5.52 Å². The first-order chi connectivity index (χ1) is 11.0. The molecule has 6 heteroatoms. The summed E-state index contributed by atoms with van der Waals surface area (Å²) < 4.78 is 0. The molecule has 0 aliphatic carbocycles. The highest BCUT2D eigenvalue weighted by Gasteiger charge is 2.17. The summed E-state index contributed by atoms with van der Waals surface area (Å²) >= 11 is 12.2. The van der Waals surface area contributed by atoms with Gasteiger partial charge in [-0.15, -0.1) is 0 Å². The van der Waals surface area contributed by atoms with Crippen LogP contribution in [0, 0.1) is 0 Å². The molecule has 0 fully saturated rings. The molecule has 0 spiro atoms. The van der Waals surface area contributed by atoms with Crippen molar-refractivity contribution in [1.82, 2.24) is 4.98 Å². The van der Waals surface area contributed by atoms with Crippen molar-refractivity contribution in [2.24, 2.45) is 0 Å². The van der Waals surface area contributed by atoms with Gasteiger partial charge in [-0.25, -0.2) is 0 Å². The Morgan fingerprint density at radius 3 is 2.61 bits per heavy atom. The average molecular weight is 347 g/mol. The summed E-state index contributed by atoms with van der Waals surface area (Å²) in [5.74, 6) is -0.456. The van der Waals surface area contributed by atoms with Gasteiger partial charge >= 0.3 is 0 Å². The molecule has 0 saturated heterocycles. The third-order valence-corrected chi connectivity index (χ3v) is 4.08. The maximum Gasteiger partial charge on any atom is 0.273 e. The molecule has 2 aromatic carbocycles. The summed E-state index contributed by atoms with van der Waals surface area (Å²) in [5.41, 5.74) is 2.02. The number of amides is 1. The number of aromatic amines is 1. The molecule has 0 bridgehead atoms. The first kappa shape index (κ1) is 15.6. The van der Waals surface area contributed by atoms with E-state index >= 15 is 0 Å². The van der Waals surface area contributed by atoms with Crippen molar-refractivity contribution >= 4 is 51.5 Å². The highest BCUT2D eigenvalue weighted by atomic mass is 35.5. The molecular weight excluding hydrogens is 335 g/mol. The molecule has 1 heterocycles. The zero-order chi connectivity index (χ0) is 16.6. The lowest BCUT2D eigenvalue weighted by atomic mass is 10.1. The van der Waals surface area contributed by atoms with Crippen LogP contribution >= 0.6 is 23.2 Å². The first-order valence-corrected chi connectivity index (χ1v) is 7.60. The Labute approximate surface area is 142 Å². The predicted octanol–water partition coefficient (Wildman–Crippen LogP) is 4.93. The van der Waals surface area contributed by atoms with Gasteiger partial charge in [-0.3, -0.25) is 9.59 Å². The van der Waals surface area contributed by atoms with E-state index in [2.05, 4.69) is 10.3 Å². The van der Waals surface area contributed by atoms with E-state index in [1.807, 2.05) is 0 Å². The lowest BCUT2D eigenvalue weighted by Crippen LogP contribution is -2.13. The molecule has 1 amide bonds. The van der Waals surface area contributed by atoms with Crippen LogP contribution in [0.15, 0.2) is 42.5 Å². The Kier molecular flexibility index (Phi) is 4.11. The van der Waals surface area contributed by atoms with E-state index in [4.69, 9.17) is 23.2 Å². The second kappa shape index (κ2) is 6.07. The van der Waals surface area contributed by atoms with Gasteiger partial charge in [-0.1, -0.05) is 35.3 Å². The second-order valence-corrected chi connectivity index (χ2v) is 5.91. The highest BCUT2D eigenvalue weighted by molar-refractivity contribution is 6.40. The molecule has 23 heavy (non-hydrogen) atoms. The van der Waals surface area contributed by atoms with Crippen molar-refractivity contribution in [3.05, 3.63) is 63.8 Å². The average Bonchev–Trinajstić information content (AvgIpc) is 2.84. The fourth-order valence-corrected chi connectivity index (χ4v) is 2.76. The third kappa shape index (κ3) is 3.09. The van der Waals surface area contributed by atoms with Gasteiger partial charge in [0.1, 0.15) is 5.69 Å². The molecule has 0 unspecified atom stereocenters. The van der Waals surface area contributed by atoms with Crippen molar-refractivity contribution in [2.75, 3.05) is 5.32 Å². The molecule has 4 nitrogen and oxygen atoms in total. The fourth-order valence-electron chi connectivity index (χ4n) is 2.30. The van der Waals surface area contributed by atoms with E-state index in [1.165, 1.54) is 6.92 Å². The van der Waals surface area contributed by atoms with Crippen LogP contribution in [0.5, 0.6) is 0 Å². The molecular formula is C17H12Cl2N2O2. The summed E-state index contributed by atoms with van der Waals surface area (Å²) in [6.07, 6.45) is 0. The number of rotatable bonds is 3. The molecule has 0 atom stereocenters. The van der Waals surface area contributed by atoms with Crippen LogP contribution in [-0.4, -0.2) is 16.7 Å². The molecule has 2 N–H and O–H groups in total. The lowest BCUT2D eigenvalue weighted by molar-refractivity contribution is 0.101. The van der Waals surface area contributed by atoms with Crippen LogP contribution in [0.3, 0.4) is 0 Å². The zero-order valence-corrected chi connectivity index (χ0v) is 13.6. The Bertz CT molecular complexity index is 931.